The number of phenols is 1. The van der Waals surface area contributed by atoms with Gasteiger partial charge in [0.25, 0.3) is 0 Å². The molecule has 1 aliphatic carbocycles. The van der Waals surface area contributed by atoms with Gasteiger partial charge in [-0.1, -0.05) is 39.3 Å². The highest BCUT2D eigenvalue weighted by molar-refractivity contribution is 5.26. The average molecular weight is 275 g/mol. The lowest BCUT2D eigenvalue weighted by atomic mass is 9.64. The van der Waals surface area contributed by atoms with Crippen LogP contribution in [0, 0.1) is 17.3 Å². The number of hydrogen-bond donors (Lipinski definition) is 2. The van der Waals surface area contributed by atoms with Gasteiger partial charge in [0.15, 0.2) is 0 Å². The van der Waals surface area contributed by atoms with Gasteiger partial charge in [0.1, 0.15) is 5.75 Å². The molecular weight excluding hydrogens is 246 g/mol. The van der Waals surface area contributed by atoms with Crippen LogP contribution in [0.1, 0.15) is 45.6 Å². The molecule has 1 aromatic carbocycles. The van der Waals surface area contributed by atoms with Crippen molar-refractivity contribution in [1.29, 1.82) is 0 Å². The summed E-state index contributed by atoms with van der Waals surface area (Å²) in [5.41, 5.74) is 1.60. The van der Waals surface area contributed by atoms with Crippen molar-refractivity contribution in [3.05, 3.63) is 29.8 Å². The number of rotatable bonds is 4. The van der Waals surface area contributed by atoms with Gasteiger partial charge in [0, 0.05) is 6.04 Å². The van der Waals surface area contributed by atoms with Gasteiger partial charge in [-0.3, -0.25) is 0 Å². The predicted molar refractivity (Wildman–Crippen MR) is 84.9 cm³/mol. The van der Waals surface area contributed by atoms with Crippen LogP contribution in [0.15, 0.2) is 24.3 Å². The van der Waals surface area contributed by atoms with Gasteiger partial charge in [-0.15, -0.1) is 0 Å². The first-order chi connectivity index (χ1) is 9.42. The Bertz CT molecular complexity index is 424. The Morgan fingerprint density at radius 1 is 1.20 bits per heavy atom. The second-order valence-corrected chi connectivity index (χ2v) is 7.25. The van der Waals surface area contributed by atoms with Crippen LogP contribution < -0.4 is 5.32 Å². The summed E-state index contributed by atoms with van der Waals surface area (Å²) in [6.07, 6.45) is 5.03. The topological polar surface area (TPSA) is 32.3 Å². The Morgan fingerprint density at radius 3 is 2.45 bits per heavy atom. The summed E-state index contributed by atoms with van der Waals surface area (Å²) >= 11 is 0. The fourth-order valence-corrected chi connectivity index (χ4v) is 3.91. The molecule has 1 saturated carbocycles. The molecule has 1 aromatic rings. The lowest BCUT2D eigenvalue weighted by Crippen LogP contribution is -2.46. The summed E-state index contributed by atoms with van der Waals surface area (Å²) in [6.45, 7) is 7.16. The number of hydrogen-bond acceptors (Lipinski definition) is 2. The van der Waals surface area contributed by atoms with Gasteiger partial charge >= 0.3 is 0 Å². The SMILES string of the molecule is CNC1CC(C)CCC1C(C)(C)Cc1ccc(O)cc1. The van der Waals surface area contributed by atoms with E-state index in [2.05, 4.69) is 45.3 Å². The van der Waals surface area contributed by atoms with Crippen LogP contribution in [0.3, 0.4) is 0 Å². The highest BCUT2D eigenvalue weighted by atomic mass is 16.3. The molecule has 2 rings (SSSR count). The maximum absolute atomic E-state index is 9.40. The van der Waals surface area contributed by atoms with Crippen LogP contribution in [0.5, 0.6) is 5.75 Å². The Hall–Kier alpha value is -1.02. The molecule has 1 fully saturated rings. The number of phenolic OH excluding ortho intramolecular Hbond substituents is 1. The minimum atomic E-state index is 0.283. The fraction of sp³-hybridized carbons (Fsp3) is 0.667. The van der Waals surface area contributed by atoms with Crippen molar-refractivity contribution in [2.24, 2.45) is 17.3 Å². The molecule has 0 radical (unpaired) electrons. The van der Waals surface area contributed by atoms with Gasteiger partial charge in [0.05, 0.1) is 0 Å². The fourth-order valence-electron chi connectivity index (χ4n) is 3.91. The first-order valence-corrected chi connectivity index (χ1v) is 7.87. The van der Waals surface area contributed by atoms with Crippen molar-refractivity contribution in [1.82, 2.24) is 5.32 Å². The van der Waals surface area contributed by atoms with Crippen molar-refractivity contribution in [2.75, 3.05) is 7.05 Å². The van der Waals surface area contributed by atoms with Crippen molar-refractivity contribution in [2.45, 2.75) is 52.5 Å². The van der Waals surface area contributed by atoms with E-state index < -0.39 is 0 Å². The maximum atomic E-state index is 9.40. The van der Waals surface area contributed by atoms with Crippen LogP contribution in [-0.4, -0.2) is 18.2 Å². The van der Waals surface area contributed by atoms with Crippen molar-refractivity contribution in [3.63, 3.8) is 0 Å². The highest BCUT2D eigenvalue weighted by Gasteiger charge is 2.38. The third-order valence-electron chi connectivity index (χ3n) is 5.08. The minimum absolute atomic E-state index is 0.283. The van der Waals surface area contributed by atoms with Gasteiger partial charge in [-0.05, 0) is 61.3 Å². The second-order valence-electron chi connectivity index (χ2n) is 7.25. The van der Waals surface area contributed by atoms with E-state index in [1.807, 2.05) is 0 Å². The van der Waals surface area contributed by atoms with E-state index in [0.717, 1.165) is 18.3 Å². The second kappa shape index (κ2) is 6.17. The molecule has 20 heavy (non-hydrogen) atoms. The lowest BCUT2D eigenvalue weighted by molar-refractivity contribution is 0.0980. The molecule has 2 N–H and O–H groups in total. The smallest absolute Gasteiger partial charge is 0.115 e. The first-order valence-electron chi connectivity index (χ1n) is 7.87. The van der Waals surface area contributed by atoms with Gasteiger partial charge in [-0.2, -0.15) is 0 Å². The summed E-state index contributed by atoms with van der Waals surface area (Å²) in [7, 11) is 2.10. The first kappa shape index (κ1) is 15.4. The molecule has 0 heterocycles. The minimum Gasteiger partial charge on any atom is -0.508 e. The van der Waals surface area contributed by atoms with Crippen LogP contribution in [-0.2, 0) is 6.42 Å². The molecule has 0 saturated heterocycles. The van der Waals surface area contributed by atoms with E-state index in [0.29, 0.717) is 11.8 Å². The molecule has 0 amide bonds. The zero-order chi connectivity index (χ0) is 14.8. The monoisotopic (exact) mass is 275 g/mol. The zero-order valence-electron chi connectivity index (χ0n) is 13.3. The van der Waals surface area contributed by atoms with E-state index in [9.17, 15) is 5.11 Å². The molecule has 3 atom stereocenters. The Labute approximate surface area is 123 Å². The van der Waals surface area contributed by atoms with Gasteiger partial charge < -0.3 is 10.4 Å². The molecule has 1 aliphatic rings. The van der Waals surface area contributed by atoms with E-state index in [1.165, 1.54) is 24.8 Å². The van der Waals surface area contributed by atoms with E-state index in [1.54, 1.807) is 12.1 Å². The summed E-state index contributed by atoms with van der Waals surface area (Å²) in [4.78, 5) is 0. The number of aromatic hydroxyl groups is 1. The molecule has 0 bridgehead atoms. The van der Waals surface area contributed by atoms with E-state index >= 15 is 0 Å². The molecule has 0 spiro atoms. The molecule has 2 nitrogen and oxygen atoms in total. The molecule has 0 aromatic heterocycles. The third kappa shape index (κ3) is 3.54. The summed E-state index contributed by atoms with van der Waals surface area (Å²) in [5, 5.41) is 12.9. The van der Waals surface area contributed by atoms with E-state index in [-0.39, 0.29) is 5.41 Å². The van der Waals surface area contributed by atoms with Gasteiger partial charge in [-0.25, -0.2) is 0 Å². The molecule has 3 unspecified atom stereocenters. The predicted octanol–water partition coefficient (Wildman–Crippen LogP) is 3.99. The summed E-state index contributed by atoms with van der Waals surface area (Å²) < 4.78 is 0. The zero-order valence-corrected chi connectivity index (χ0v) is 13.3. The molecule has 112 valence electrons. The Kier molecular flexibility index (Phi) is 4.74. The molecular formula is C18H29NO. The number of nitrogens with one attached hydrogen (secondary N) is 1. The quantitative estimate of drug-likeness (QED) is 0.871. The van der Waals surface area contributed by atoms with Crippen LogP contribution in [0.4, 0.5) is 0 Å². The maximum Gasteiger partial charge on any atom is 0.115 e. The van der Waals surface area contributed by atoms with Gasteiger partial charge in [0.2, 0.25) is 0 Å². The standard InChI is InChI=1S/C18H29NO/c1-13-5-10-16(17(11-13)19-4)18(2,3)12-14-6-8-15(20)9-7-14/h6-9,13,16-17,19-20H,5,10-12H2,1-4H3. The van der Waals surface area contributed by atoms with Crippen LogP contribution in [0.2, 0.25) is 0 Å². The Balaban J connectivity index is 2.10. The molecule has 2 heteroatoms. The normalized spacial score (nSPS) is 27.5. The van der Waals surface area contributed by atoms with Crippen molar-refractivity contribution < 1.29 is 5.11 Å². The molecule has 0 aliphatic heterocycles. The Morgan fingerprint density at radius 2 is 1.85 bits per heavy atom. The van der Waals surface area contributed by atoms with Crippen LogP contribution >= 0.6 is 0 Å². The van der Waals surface area contributed by atoms with Crippen LogP contribution in [0.25, 0.3) is 0 Å². The third-order valence-corrected chi connectivity index (χ3v) is 5.08. The van der Waals surface area contributed by atoms with E-state index in [4.69, 9.17) is 0 Å². The average Bonchev–Trinajstić information content (AvgIpc) is 2.40. The summed E-state index contributed by atoms with van der Waals surface area (Å²) in [6, 6.07) is 8.33. The lowest BCUT2D eigenvalue weighted by Gasteiger charge is -2.44. The van der Waals surface area contributed by atoms with Crippen molar-refractivity contribution >= 4 is 0 Å². The highest BCUT2D eigenvalue weighted by Crippen LogP contribution is 2.42. The largest absolute Gasteiger partial charge is 0.508 e. The van der Waals surface area contributed by atoms with Crippen molar-refractivity contribution in [3.8, 4) is 5.75 Å². The summed E-state index contributed by atoms with van der Waals surface area (Å²) in [5.74, 6) is 1.91. The number of benzene rings is 1.